The van der Waals surface area contributed by atoms with Gasteiger partial charge in [0.1, 0.15) is 6.07 Å². The van der Waals surface area contributed by atoms with Crippen LogP contribution in [-0.4, -0.2) is 0 Å². The van der Waals surface area contributed by atoms with Gasteiger partial charge in [-0.25, -0.2) is 0 Å². The van der Waals surface area contributed by atoms with Gasteiger partial charge < -0.3 is 0 Å². The van der Waals surface area contributed by atoms with Crippen molar-refractivity contribution in [2.24, 2.45) is 0 Å². The Morgan fingerprint density at radius 3 is 2.62 bits per heavy atom. The van der Waals surface area contributed by atoms with Crippen molar-refractivity contribution in [3.8, 4) is 6.07 Å². The van der Waals surface area contributed by atoms with Crippen molar-refractivity contribution in [2.75, 3.05) is 0 Å². The number of nitrogens with zero attached hydrogens (tertiary/aromatic N) is 1. The van der Waals surface area contributed by atoms with Gasteiger partial charge >= 0.3 is 0 Å². The van der Waals surface area contributed by atoms with Crippen molar-refractivity contribution in [3.63, 3.8) is 0 Å². The van der Waals surface area contributed by atoms with Gasteiger partial charge in [0.25, 0.3) is 0 Å². The SMILES string of the molecule is N#C/C(F)=C\C=C\c1ccccc1. The first-order chi connectivity index (χ1) is 6.33. The fourth-order valence-electron chi connectivity index (χ4n) is 0.845. The Morgan fingerprint density at radius 1 is 1.31 bits per heavy atom. The minimum absolute atomic E-state index is 0.785. The lowest BCUT2D eigenvalue weighted by Crippen LogP contribution is -1.67. The van der Waals surface area contributed by atoms with E-state index < -0.39 is 5.83 Å². The molecule has 64 valence electrons. The molecule has 0 N–H and O–H groups in total. The second-order valence-corrected chi connectivity index (χ2v) is 2.40. The first kappa shape index (κ1) is 9.21. The van der Waals surface area contributed by atoms with Crippen molar-refractivity contribution in [1.29, 1.82) is 5.26 Å². The number of allylic oxidation sites excluding steroid dienone is 3. The second-order valence-electron chi connectivity index (χ2n) is 2.40. The molecule has 0 aliphatic rings. The fourth-order valence-corrected chi connectivity index (χ4v) is 0.845. The Kier molecular flexibility index (Phi) is 3.46. The highest BCUT2D eigenvalue weighted by atomic mass is 19.1. The van der Waals surface area contributed by atoms with Crippen LogP contribution in [0.4, 0.5) is 4.39 Å². The summed E-state index contributed by atoms with van der Waals surface area (Å²) < 4.78 is 12.3. The first-order valence-electron chi connectivity index (χ1n) is 3.82. The molecule has 0 saturated heterocycles. The topological polar surface area (TPSA) is 23.8 Å². The molecule has 0 unspecified atom stereocenters. The maximum atomic E-state index is 12.3. The van der Waals surface area contributed by atoms with E-state index in [0.29, 0.717) is 0 Å². The Balaban J connectivity index is 2.66. The van der Waals surface area contributed by atoms with Crippen LogP contribution in [0.1, 0.15) is 5.56 Å². The summed E-state index contributed by atoms with van der Waals surface area (Å²) in [6, 6.07) is 10.9. The summed E-state index contributed by atoms with van der Waals surface area (Å²) in [6.07, 6.45) is 4.37. The van der Waals surface area contributed by atoms with E-state index in [9.17, 15) is 4.39 Å². The summed E-state index contributed by atoms with van der Waals surface area (Å²) in [5.41, 5.74) is 0.976. The quantitative estimate of drug-likeness (QED) is 0.498. The van der Waals surface area contributed by atoms with Gasteiger partial charge in [-0.1, -0.05) is 42.5 Å². The molecule has 2 heteroatoms. The minimum Gasteiger partial charge on any atom is -0.195 e. The van der Waals surface area contributed by atoms with Crippen LogP contribution in [0, 0.1) is 11.3 Å². The lowest BCUT2D eigenvalue weighted by Gasteiger charge is -1.87. The van der Waals surface area contributed by atoms with Crippen molar-refractivity contribution in [2.45, 2.75) is 0 Å². The Bertz CT molecular complexity index is 357. The molecular weight excluding hydrogens is 165 g/mol. The van der Waals surface area contributed by atoms with Gasteiger partial charge in [0.2, 0.25) is 0 Å². The predicted molar refractivity (Wildman–Crippen MR) is 50.3 cm³/mol. The van der Waals surface area contributed by atoms with Crippen molar-refractivity contribution < 1.29 is 4.39 Å². The average molecular weight is 173 g/mol. The number of hydrogen-bond acceptors (Lipinski definition) is 1. The highest BCUT2D eigenvalue weighted by Crippen LogP contribution is 2.02. The van der Waals surface area contributed by atoms with Crippen LogP contribution in [0.15, 0.2) is 48.3 Å². The van der Waals surface area contributed by atoms with E-state index in [2.05, 4.69) is 0 Å². The summed E-state index contributed by atoms with van der Waals surface area (Å²) in [7, 11) is 0. The third-order valence-electron chi connectivity index (χ3n) is 1.44. The molecule has 0 spiro atoms. The Hall–Kier alpha value is -1.88. The fraction of sp³-hybridized carbons (Fsp3) is 0. The molecular formula is C11H8FN. The van der Waals surface area contributed by atoms with Gasteiger partial charge in [-0.15, -0.1) is 0 Å². The van der Waals surface area contributed by atoms with Crippen LogP contribution >= 0.6 is 0 Å². The molecule has 0 amide bonds. The molecule has 0 aromatic heterocycles. The van der Waals surface area contributed by atoms with Gasteiger partial charge in [0, 0.05) is 0 Å². The summed E-state index contributed by atoms with van der Waals surface area (Å²) in [6.45, 7) is 0. The molecule has 0 atom stereocenters. The van der Waals surface area contributed by atoms with E-state index in [0.717, 1.165) is 11.6 Å². The summed E-state index contributed by atoms with van der Waals surface area (Å²) in [5, 5.41) is 8.10. The lowest BCUT2D eigenvalue weighted by molar-refractivity contribution is 0.672. The van der Waals surface area contributed by atoms with Crippen LogP contribution in [0.2, 0.25) is 0 Å². The molecule has 0 aliphatic carbocycles. The standard InChI is InChI=1S/C11H8FN/c12-11(9-13)8-4-7-10-5-2-1-3-6-10/h1-8H/b7-4+,11-8+. The number of hydrogen-bond donors (Lipinski definition) is 0. The number of benzene rings is 1. The smallest absolute Gasteiger partial charge is 0.195 e. The number of nitriles is 1. The molecule has 1 aromatic carbocycles. The predicted octanol–water partition coefficient (Wildman–Crippen LogP) is 3.08. The lowest BCUT2D eigenvalue weighted by atomic mass is 10.2. The Morgan fingerprint density at radius 2 is 2.00 bits per heavy atom. The zero-order chi connectivity index (χ0) is 9.52. The summed E-state index contributed by atoms with van der Waals surface area (Å²) >= 11 is 0. The maximum Gasteiger partial charge on any atom is 0.200 e. The van der Waals surface area contributed by atoms with E-state index in [4.69, 9.17) is 5.26 Å². The third kappa shape index (κ3) is 3.35. The van der Waals surface area contributed by atoms with Gasteiger partial charge in [0.15, 0.2) is 5.83 Å². The van der Waals surface area contributed by atoms with Crippen LogP contribution in [0.25, 0.3) is 6.08 Å². The van der Waals surface area contributed by atoms with Gasteiger partial charge in [-0.2, -0.15) is 9.65 Å². The van der Waals surface area contributed by atoms with E-state index in [1.54, 1.807) is 6.08 Å². The molecule has 0 heterocycles. The van der Waals surface area contributed by atoms with Crippen LogP contribution in [-0.2, 0) is 0 Å². The zero-order valence-electron chi connectivity index (χ0n) is 6.94. The van der Waals surface area contributed by atoms with Crippen molar-refractivity contribution >= 4 is 6.08 Å². The second kappa shape index (κ2) is 4.89. The summed E-state index contributed by atoms with van der Waals surface area (Å²) in [4.78, 5) is 0. The molecule has 0 fully saturated rings. The first-order valence-corrected chi connectivity index (χ1v) is 3.82. The van der Waals surface area contributed by atoms with Gasteiger partial charge in [-0.05, 0) is 11.6 Å². The van der Waals surface area contributed by atoms with E-state index in [1.807, 2.05) is 30.3 Å². The minimum atomic E-state index is -0.785. The third-order valence-corrected chi connectivity index (χ3v) is 1.44. The maximum absolute atomic E-state index is 12.3. The van der Waals surface area contributed by atoms with Crippen molar-refractivity contribution in [1.82, 2.24) is 0 Å². The van der Waals surface area contributed by atoms with Crippen LogP contribution in [0.3, 0.4) is 0 Å². The molecule has 0 aliphatic heterocycles. The molecule has 13 heavy (non-hydrogen) atoms. The van der Waals surface area contributed by atoms with Gasteiger partial charge in [-0.3, -0.25) is 0 Å². The van der Waals surface area contributed by atoms with E-state index in [1.165, 1.54) is 12.1 Å². The van der Waals surface area contributed by atoms with E-state index in [-0.39, 0.29) is 0 Å². The Labute approximate surface area is 76.4 Å². The molecule has 0 saturated carbocycles. The molecule has 0 radical (unpaired) electrons. The van der Waals surface area contributed by atoms with Crippen LogP contribution in [0.5, 0.6) is 0 Å². The monoisotopic (exact) mass is 173 g/mol. The molecule has 1 nitrogen and oxygen atoms in total. The molecule has 1 rings (SSSR count). The largest absolute Gasteiger partial charge is 0.200 e. The highest BCUT2D eigenvalue weighted by molar-refractivity contribution is 5.51. The number of rotatable bonds is 2. The molecule has 0 bridgehead atoms. The zero-order valence-corrected chi connectivity index (χ0v) is 6.94. The van der Waals surface area contributed by atoms with Gasteiger partial charge in [0.05, 0.1) is 0 Å². The summed E-state index contributed by atoms with van der Waals surface area (Å²) in [5.74, 6) is -0.785. The van der Waals surface area contributed by atoms with Crippen LogP contribution < -0.4 is 0 Å². The average Bonchev–Trinajstić information content (AvgIpc) is 2.19. The normalized spacial score (nSPS) is 11.5. The molecule has 1 aromatic rings. The number of halogens is 1. The highest BCUT2D eigenvalue weighted by Gasteiger charge is 1.84. The van der Waals surface area contributed by atoms with Crippen molar-refractivity contribution in [3.05, 3.63) is 53.9 Å². The van der Waals surface area contributed by atoms with E-state index >= 15 is 0 Å².